The number of aromatic amines is 1. The van der Waals surface area contributed by atoms with Crippen LogP contribution in [0, 0.1) is 27.7 Å². The van der Waals surface area contributed by atoms with E-state index >= 15 is 0 Å². The van der Waals surface area contributed by atoms with Crippen molar-refractivity contribution in [3.63, 3.8) is 0 Å². The lowest BCUT2D eigenvalue weighted by atomic mass is 9.98. The minimum absolute atomic E-state index is 0.290. The Morgan fingerprint density at radius 1 is 1.06 bits per heavy atom. The first-order valence-corrected chi connectivity index (χ1v) is 10.2. The highest BCUT2D eigenvalue weighted by Crippen LogP contribution is 2.25. The second-order valence-corrected chi connectivity index (χ2v) is 7.76. The van der Waals surface area contributed by atoms with Gasteiger partial charge in [0, 0.05) is 35.6 Å². The van der Waals surface area contributed by atoms with Gasteiger partial charge in [0.1, 0.15) is 5.76 Å². The lowest BCUT2D eigenvalue weighted by Gasteiger charge is -2.19. The summed E-state index contributed by atoms with van der Waals surface area (Å²) in [6.07, 6.45) is 4.00. The van der Waals surface area contributed by atoms with Gasteiger partial charge in [-0.05, 0) is 44.9 Å². The molecule has 4 rings (SSSR count). The molecule has 0 fully saturated rings. The van der Waals surface area contributed by atoms with Crippen molar-refractivity contribution < 1.29 is 9.32 Å². The lowest BCUT2D eigenvalue weighted by Crippen LogP contribution is -2.30. The normalized spacial score (nSPS) is 12.0. The van der Waals surface area contributed by atoms with Crippen molar-refractivity contribution >= 4 is 5.91 Å². The second kappa shape index (κ2) is 8.55. The molecule has 0 radical (unpaired) electrons. The number of amides is 1. The molecule has 0 aliphatic heterocycles. The molecule has 158 valence electrons. The Hall–Kier alpha value is -3.74. The van der Waals surface area contributed by atoms with Crippen LogP contribution in [0.15, 0.2) is 53.3 Å². The molecule has 0 aliphatic carbocycles. The van der Waals surface area contributed by atoms with E-state index in [0.717, 1.165) is 39.2 Å². The summed E-state index contributed by atoms with van der Waals surface area (Å²) in [5.74, 6) is 0.332. The monoisotopic (exact) mass is 415 g/mol. The quantitative estimate of drug-likeness (QED) is 0.493. The van der Waals surface area contributed by atoms with E-state index in [-0.39, 0.29) is 11.9 Å². The predicted octanol–water partition coefficient (Wildman–Crippen LogP) is 4.14. The van der Waals surface area contributed by atoms with Crippen molar-refractivity contribution in [2.75, 3.05) is 0 Å². The Bertz CT molecular complexity index is 1170. The topological polar surface area (TPSA) is 96.7 Å². The Kier molecular flexibility index (Phi) is 5.66. The van der Waals surface area contributed by atoms with E-state index in [1.54, 1.807) is 12.4 Å². The number of hydrogen-bond acceptors (Lipinski definition) is 5. The maximum Gasteiger partial charge on any atom is 0.274 e. The molecule has 3 aromatic heterocycles. The molecular formula is C24H25N5O2. The summed E-state index contributed by atoms with van der Waals surface area (Å²) in [6, 6.07) is 11.5. The molecule has 0 saturated carbocycles. The van der Waals surface area contributed by atoms with Crippen LogP contribution < -0.4 is 5.32 Å². The molecule has 7 nitrogen and oxygen atoms in total. The van der Waals surface area contributed by atoms with E-state index in [1.807, 2.05) is 64.1 Å². The van der Waals surface area contributed by atoms with Crippen LogP contribution in [0.3, 0.4) is 0 Å². The minimum atomic E-state index is -0.357. The maximum absolute atomic E-state index is 13.3. The molecule has 0 saturated heterocycles. The average Bonchev–Trinajstić information content (AvgIpc) is 3.30. The first-order chi connectivity index (χ1) is 14.9. The molecule has 0 spiro atoms. The van der Waals surface area contributed by atoms with E-state index in [2.05, 4.69) is 25.7 Å². The van der Waals surface area contributed by atoms with Crippen molar-refractivity contribution in [3.05, 3.63) is 99.5 Å². The third-order valence-corrected chi connectivity index (χ3v) is 5.54. The lowest BCUT2D eigenvalue weighted by molar-refractivity contribution is 0.0933. The van der Waals surface area contributed by atoms with E-state index in [4.69, 9.17) is 4.52 Å². The molecule has 0 bridgehead atoms. The second-order valence-electron chi connectivity index (χ2n) is 7.76. The van der Waals surface area contributed by atoms with Crippen LogP contribution in [0.25, 0.3) is 0 Å². The van der Waals surface area contributed by atoms with E-state index in [0.29, 0.717) is 17.9 Å². The number of rotatable bonds is 6. The van der Waals surface area contributed by atoms with Gasteiger partial charge < -0.3 is 9.84 Å². The van der Waals surface area contributed by atoms with Gasteiger partial charge >= 0.3 is 0 Å². The fourth-order valence-electron chi connectivity index (χ4n) is 3.65. The van der Waals surface area contributed by atoms with Crippen molar-refractivity contribution in [2.24, 2.45) is 0 Å². The van der Waals surface area contributed by atoms with E-state index in [1.165, 1.54) is 0 Å². The molecule has 4 aromatic rings. The smallest absolute Gasteiger partial charge is 0.274 e. The molecule has 1 amide bonds. The third-order valence-electron chi connectivity index (χ3n) is 5.54. The summed E-state index contributed by atoms with van der Waals surface area (Å²) in [4.78, 5) is 17.5. The number of nitrogens with zero attached hydrogens (tertiary/aromatic N) is 3. The van der Waals surface area contributed by atoms with Crippen LogP contribution in [-0.4, -0.2) is 26.2 Å². The molecule has 1 atom stereocenters. The number of hydrogen-bond donors (Lipinski definition) is 2. The first kappa shape index (κ1) is 20.5. The fourth-order valence-corrected chi connectivity index (χ4v) is 3.65. The number of nitrogens with one attached hydrogen (secondary N) is 2. The van der Waals surface area contributed by atoms with Gasteiger partial charge in [-0.1, -0.05) is 41.1 Å². The first-order valence-electron chi connectivity index (χ1n) is 10.2. The highest BCUT2D eigenvalue weighted by atomic mass is 16.5. The van der Waals surface area contributed by atoms with Gasteiger partial charge in [0.25, 0.3) is 5.91 Å². The van der Waals surface area contributed by atoms with Crippen LogP contribution in [0.5, 0.6) is 0 Å². The van der Waals surface area contributed by atoms with Crippen molar-refractivity contribution in [1.82, 2.24) is 25.7 Å². The Morgan fingerprint density at radius 3 is 2.48 bits per heavy atom. The number of aromatic nitrogens is 4. The predicted molar refractivity (Wildman–Crippen MR) is 117 cm³/mol. The average molecular weight is 415 g/mol. The van der Waals surface area contributed by atoms with Gasteiger partial charge in [0.2, 0.25) is 0 Å². The maximum atomic E-state index is 13.3. The molecule has 31 heavy (non-hydrogen) atoms. The molecular weight excluding hydrogens is 390 g/mol. The number of carbonyl (C=O) groups is 1. The van der Waals surface area contributed by atoms with Crippen LogP contribution in [0.4, 0.5) is 0 Å². The molecule has 0 unspecified atom stereocenters. The van der Waals surface area contributed by atoms with Gasteiger partial charge in [-0.2, -0.15) is 5.10 Å². The standard InChI is InChI=1S/C24H25N5O2/c1-14-7-9-18(10-8-14)22(19-6-5-11-25-13-19)26-24(30)23-21(17(4)31-29-23)12-20-15(2)27-28-16(20)3/h5-11,13,22H,12H2,1-4H3,(H,26,30)(H,27,28)/t22-/m1/s1. The summed E-state index contributed by atoms with van der Waals surface area (Å²) >= 11 is 0. The van der Waals surface area contributed by atoms with Crippen LogP contribution >= 0.6 is 0 Å². The number of benzene rings is 1. The van der Waals surface area contributed by atoms with E-state index < -0.39 is 0 Å². The van der Waals surface area contributed by atoms with Crippen molar-refractivity contribution in [1.29, 1.82) is 0 Å². The third kappa shape index (κ3) is 4.26. The van der Waals surface area contributed by atoms with Gasteiger partial charge in [-0.3, -0.25) is 14.9 Å². The molecule has 2 N–H and O–H groups in total. The van der Waals surface area contributed by atoms with Gasteiger partial charge in [-0.15, -0.1) is 0 Å². The Morgan fingerprint density at radius 2 is 1.84 bits per heavy atom. The van der Waals surface area contributed by atoms with E-state index in [9.17, 15) is 4.79 Å². The number of H-pyrrole nitrogens is 1. The van der Waals surface area contributed by atoms with Gasteiger partial charge in [0.15, 0.2) is 5.69 Å². The molecule has 0 aliphatic rings. The molecule has 7 heteroatoms. The zero-order chi connectivity index (χ0) is 22.0. The minimum Gasteiger partial charge on any atom is -0.361 e. The fraction of sp³-hybridized carbons (Fsp3) is 0.250. The summed E-state index contributed by atoms with van der Waals surface area (Å²) in [5.41, 5.74) is 6.98. The largest absolute Gasteiger partial charge is 0.361 e. The SMILES string of the molecule is Cc1ccc([C@@H](NC(=O)c2noc(C)c2Cc2c(C)n[nH]c2C)c2cccnc2)cc1. The van der Waals surface area contributed by atoms with Crippen LogP contribution in [0.1, 0.15) is 61.5 Å². The van der Waals surface area contributed by atoms with Crippen LogP contribution in [-0.2, 0) is 6.42 Å². The highest BCUT2D eigenvalue weighted by Gasteiger charge is 2.25. The van der Waals surface area contributed by atoms with Gasteiger partial charge in [0.05, 0.1) is 11.7 Å². The Labute approximate surface area is 180 Å². The molecule has 1 aromatic carbocycles. The van der Waals surface area contributed by atoms with Crippen LogP contribution in [0.2, 0.25) is 0 Å². The highest BCUT2D eigenvalue weighted by molar-refractivity contribution is 5.94. The summed E-state index contributed by atoms with van der Waals surface area (Å²) in [6.45, 7) is 7.76. The summed E-state index contributed by atoms with van der Waals surface area (Å²) < 4.78 is 5.40. The summed E-state index contributed by atoms with van der Waals surface area (Å²) in [7, 11) is 0. The number of aryl methyl sites for hydroxylation is 4. The molecule has 3 heterocycles. The van der Waals surface area contributed by atoms with Crippen molar-refractivity contribution in [2.45, 2.75) is 40.2 Å². The number of pyridine rings is 1. The summed E-state index contributed by atoms with van der Waals surface area (Å²) in [5, 5.41) is 14.4. The zero-order valence-corrected chi connectivity index (χ0v) is 18.1. The van der Waals surface area contributed by atoms with Gasteiger partial charge in [-0.25, -0.2) is 0 Å². The van der Waals surface area contributed by atoms with Crippen molar-refractivity contribution in [3.8, 4) is 0 Å². The number of carbonyl (C=O) groups excluding carboxylic acids is 1. The Balaban J connectivity index is 1.66. The zero-order valence-electron chi connectivity index (χ0n) is 18.1.